The zero-order valence-corrected chi connectivity index (χ0v) is 8.67. The highest BCUT2D eigenvalue weighted by Gasteiger charge is 2.21. The van der Waals surface area contributed by atoms with Gasteiger partial charge in [0.05, 0.1) is 5.38 Å². The lowest BCUT2D eigenvalue weighted by Crippen LogP contribution is -2.21. The van der Waals surface area contributed by atoms with Crippen LogP contribution in [0.4, 0.5) is 5.82 Å². The van der Waals surface area contributed by atoms with Crippen molar-refractivity contribution in [2.75, 3.05) is 18.0 Å². The maximum absolute atomic E-state index is 6.04. The van der Waals surface area contributed by atoms with Crippen LogP contribution in [-0.2, 0) is 0 Å². The van der Waals surface area contributed by atoms with E-state index in [0.717, 1.165) is 25.3 Å². The summed E-state index contributed by atoms with van der Waals surface area (Å²) in [6, 6.07) is 3.77. The number of rotatable bonds is 1. The molecule has 3 rings (SSSR count). The molecule has 1 saturated heterocycles. The second kappa shape index (κ2) is 3.30. The topological polar surface area (TPSA) is 59.2 Å². The van der Waals surface area contributed by atoms with Crippen molar-refractivity contribution < 1.29 is 0 Å². The molecular weight excluding hydrogens is 216 g/mol. The zero-order valence-electron chi connectivity index (χ0n) is 7.91. The lowest BCUT2D eigenvalue weighted by atomic mass is 10.4. The van der Waals surface area contributed by atoms with Crippen molar-refractivity contribution in [1.82, 2.24) is 25.3 Å². The molecule has 2 aromatic heterocycles. The fourth-order valence-electron chi connectivity index (χ4n) is 1.73. The summed E-state index contributed by atoms with van der Waals surface area (Å²) in [5.74, 6) is 0.873. The molecule has 1 aliphatic heterocycles. The van der Waals surface area contributed by atoms with Crippen LogP contribution in [-0.4, -0.2) is 43.7 Å². The molecule has 78 valence electrons. The van der Waals surface area contributed by atoms with E-state index in [1.165, 1.54) is 4.63 Å². The minimum atomic E-state index is 0.219. The molecule has 0 aromatic carbocycles. The van der Waals surface area contributed by atoms with Crippen LogP contribution in [0.25, 0.3) is 5.65 Å². The Labute approximate surface area is 90.8 Å². The second-order valence-electron chi connectivity index (χ2n) is 3.55. The van der Waals surface area contributed by atoms with Gasteiger partial charge in [-0.1, -0.05) is 0 Å². The van der Waals surface area contributed by atoms with E-state index in [2.05, 4.69) is 25.5 Å². The van der Waals surface area contributed by atoms with E-state index >= 15 is 0 Å². The average molecular weight is 225 g/mol. The summed E-state index contributed by atoms with van der Waals surface area (Å²) < 4.78 is 1.43. The molecule has 0 bridgehead atoms. The second-order valence-corrected chi connectivity index (χ2v) is 4.17. The number of hydrogen-bond acceptors (Lipinski definition) is 5. The number of hydrogen-bond donors (Lipinski definition) is 0. The SMILES string of the molecule is ClC1CCN(c2ccc3nnnn3n2)C1. The first-order chi connectivity index (χ1) is 7.33. The third-order valence-corrected chi connectivity index (χ3v) is 2.87. The Morgan fingerprint density at radius 1 is 1.40 bits per heavy atom. The Kier molecular flexibility index (Phi) is 1.95. The lowest BCUT2D eigenvalue weighted by Gasteiger charge is -2.15. The summed E-state index contributed by atoms with van der Waals surface area (Å²) in [6.07, 6.45) is 0.997. The molecule has 1 aliphatic rings. The maximum atomic E-state index is 6.04. The Hall–Kier alpha value is -1.43. The van der Waals surface area contributed by atoms with Crippen molar-refractivity contribution in [1.29, 1.82) is 0 Å². The molecule has 0 N–H and O–H groups in total. The van der Waals surface area contributed by atoms with Crippen LogP contribution in [0, 0.1) is 0 Å². The monoisotopic (exact) mass is 224 g/mol. The van der Waals surface area contributed by atoms with Crippen LogP contribution >= 0.6 is 11.6 Å². The van der Waals surface area contributed by atoms with E-state index in [1.54, 1.807) is 0 Å². The molecule has 0 radical (unpaired) electrons. The normalized spacial score (nSPS) is 21.4. The maximum Gasteiger partial charge on any atom is 0.200 e. The van der Waals surface area contributed by atoms with Crippen molar-refractivity contribution in [3.05, 3.63) is 12.1 Å². The van der Waals surface area contributed by atoms with Gasteiger partial charge in [0.1, 0.15) is 0 Å². The van der Waals surface area contributed by atoms with Crippen molar-refractivity contribution in [2.45, 2.75) is 11.8 Å². The molecule has 7 heteroatoms. The van der Waals surface area contributed by atoms with Gasteiger partial charge in [0.25, 0.3) is 0 Å². The minimum Gasteiger partial charge on any atom is -0.354 e. The number of aromatic nitrogens is 5. The van der Waals surface area contributed by atoms with Gasteiger partial charge in [-0.2, -0.15) is 0 Å². The molecule has 1 atom stereocenters. The van der Waals surface area contributed by atoms with Gasteiger partial charge in [0, 0.05) is 13.1 Å². The van der Waals surface area contributed by atoms with Crippen molar-refractivity contribution in [3.8, 4) is 0 Å². The molecule has 0 amide bonds. The third-order valence-electron chi connectivity index (χ3n) is 2.51. The summed E-state index contributed by atoms with van der Waals surface area (Å²) in [6.45, 7) is 1.77. The quantitative estimate of drug-likeness (QED) is 0.654. The average Bonchev–Trinajstić information content (AvgIpc) is 2.84. The summed E-state index contributed by atoms with van der Waals surface area (Å²) in [4.78, 5) is 2.14. The predicted octanol–water partition coefficient (Wildman–Crippen LogP) is 0.337. The first kappa shape index (κ1) is 8.84. The molecular formula is C8H9ClN6. The van der Waals surface area contributed by atoms with Gasteiger partial charge in [-0.25, -0.2) is 0 Å². The van der Waals surface area contributed by atoms with Gasteiger partial charge in [-0.3, -0.25) is 0 Å². The lowest BCUT2D eigenvalue weighted by molar-refractivity contribution is 0.722. The van der Waals surface area contributed by atoms with Gasteiger partial charge in [-0.15, -0.1) is 26.4 Å². The molecule has 6 nitrogen and oxygen atoms in total. The predicted molar refractivity (Wildman–Crippen MR) is 55.0 cm³/mol. The molecule has 2 aromatic rings. The van der Waals surface area contributed by atoms with Gasteiger partial charge in [0.2, 0.25) is 0 Å². The van der Waals surface area contributed by atoms with Crippen LogP contribution in [0.2, 0.25) is 0 Å². The van der Waals surface area contributed by atoms with E-state index in [4.69, 9.17) is 11.6 Å². The number of alkyl halides is 1. The van der Waals surface area contributed by atoms with Crippen LogP contribution in [0.5, 0.6) is 0 Å². The van der Waals surface area contributed by atoms with Crippen molar-refractivity contribution in [2.24, 2.45) is 0 Å². The highest BCUT2D eigenvalue weighted by molar-refractivity contribution is 6.21. The molecule has 15 heavy (non-hydrogen) atoms. The minimum absolute atomic E-state index is 0.219. The number of tetrazole rings is 1. The van der Waals surface area contributed by atoms with Gasteiger partial charge in [-0.05, 0) is 29.0 Å². The van der Waals surface area contributed by atoms with E-state index in [1.807, 2.05) is 12.1 Å². The Morgan fingerprint density at radius 2 is 2.33 bits per heavy atom. The van der Waals surface area contributed by atoms with Crippen molar-refractivity contribution >= 4 is 23.1 Å². The largest absolute Gasteiger partial charge is 0.354 e. The van der Waals surface area contributed by atoms with Crippen LogP contribution in [0.3, 0.4) is 0 Å². The summed E-state index contributed by atoms with van der Waals surface area (Å²) in [5, 5.41) is 15.6. The first-order valence-corrected chi connectivity index (χ1v) is 5.21. The van der Waals surface area contributed by atoms with Crippen LogP contribution in [0.15, 0.2) is 12.1 Å². The van der Waals surface area contributed by atoms with E-state index in [-0.39, 0.29) is 5.38 Å². The fraction of sp³-hybridized carbons (Fsp3) is 0.500. The summed E-state index contributed by atoms with van der Waals surface area (Å²) in [7, 11) is 0. The summed E-state index contributed by atoms with van der Waals surface area (Å²) >= 11 is 6.04. The zero-order chi connectivity index (χ0) is 10.3. The van der Waals surface area contributed by atoms with E-state index in [0.29, 0.717) is 5.65 Å². The smallest absolute Gasteiger partial charge is 0.200 e. The number of anilines is 1. The van der Waals surface area contributed by atoms with Gasteiger partial charge >= 0.3 is 0 Å². The summed E-state index contributed by atoms with van der Waals surface area (Å²) in [5.41, 5.74) is 0.653. The standard InChI is InChI=1S/C8H9ClN6/c9-6-3-4-14(5-6)8-2-1-7-10-12-13-15(7)11-8/h1-2,6H,3-5H2. The molecule has 1 fully saturated rings. The first-order valence-electron chi connectivity index (χ1n) is 4.77. The van der Waals surface area contributed by atoms with Crippen LogP contribution in [0.1, 0.15) is 6.42 Å². The molecule has 0 spiro atoms. The fourth-order valence-corrected chi connectivity index (χ4v) is 2.00. The van der Waals surface area contributed by atoms with Crippen LogP contribution < -0.4 is 4.90 Å². The van der Waals surface area contributed by atoms with E-state index < -0.39 is 0 Å². The highest BCUT2D eigenvalue weighted by atomic mass is 35.5. The Bertz CT molecular complexity index is 483. The number of fused-ring (bicyclic) bond motifs is 1. The molecule has 0 aliphatic carbocycles. The molecule has 3 heterocycles. The van der Waals surface area contributed by atoms with Crippen molar-refractivity contribution in [3.63, 3.8) is 0 Å². The Balaban J connectivity index is 1.97. The van der Waals surface area contributed by atoms with Gasteiger partial charge in [0.15, 0.2) is 11.5 Å². The molecule has 1 unspecified atom stereocenters. The molecule has 0 saturated carbocycles. The number of halogens is 1. The van der Waals surface area contributed by atoms with E-state index in [9.17, 15) is 0 Å². The third kappa shape index (κ3) is 1.50. The Morgan fingerprint density at radius 3 is 3.13 bits per heavy atom. The highest BCUT2D eigenvalue weighted by Crippen LogP contribution is 2.20. The number of nitrogens with zero attached hydrogens (tertiary/aromatic N) is 6. The van der Waals surface area contributed by atoms with Gasteiger partial charge < -0.3 is 4.90 Å².